The molecule has 0 rings (SSSR count). The van der Waals surface area contributed by atoms with Crippen molar-refractivity contribution in [2.45, 2.75) is 81.5 Å². The van der Waals surface area contributed by atoms with Crippen LogP contribution in [0.15, 0.2) is 0 Å². The monoisotopic (exact) mass is 269 g/mol. The summed E-state index contributed by atoms with van der Waals surface area (Å²) in [4.78, 5) is 0. The van der Waals surface area contributed by atoms with Gasteiger partial charge in [-0.2, -0.15) is 0 Å². The van der Waals surface area contributed by atoms with Crippen LogP contribution in [0.2, 0.25) is 6.32 Å². The van der Waals surface area contributed by atoms with Gasteiger partial charge in [0.25, 0.3) is 0 Å². The molecule has 1 radical (unpaired) electrons. The lowest BCUT2D eigenvalue weighted by Gasteiger charge is -2.46. The molecule has 0 N–H and O–H groups in total. The average molecular weight is 269 g/mol. The van der Waals surface area contributed by atoms with Gasteiger partial charge in [-0.3, -0.25) is 0 Å². The molecule has 0 aromatic carbocycles. The summed E-state index contributed by atoms with van der Waals surface area (Å²) in [5.74, 6) is 0. The fourth-order valence-electron chi connectivity index (χ4n) is 1.84. The van der Waals surface area contributed by atoms with Crippen molar-refractivity contribution in [3.05, 3.63) is 0 Å². The maximum Gasteiger partial charge on any atom is 0.187 e. The second kappa shape index (κ2) is 5.81. The Kier molecular flexibility index (Phi) is 5.95. The zero-order valence-electron chi connectivity index (χ0n) is 14.1. The third-order valence-electron chi connectivity index (χ3n) is 5.84. The summed E-state index contributed by atoms with van der Waals surface area (Å²) < 4.78 is 0. The van der Waals surface area contributed by atoms with Crippen molar-refractivity contribution < 1.29 is 0 Å². The maximum atomic E-state index is 4.29. The van der Waals surface area contributed by atoms with E-state index < -0.39 is 0 Å². The van der Waals surface area contributed by atoms with Gasteiger partial charge in [0.2, 0.25) is 0 Å². The molecule has 0 nitrogen and oxygen atoms in total. The lowest BCUT2D eigenvalue weighted by molar-refractivity contribution is 0.0576. The van der Waals surface area contributed by atoms with Crippen LogP contribution in [0.4, 0.5) is 0 Å². The van der Waals surface area contributed by atoms with Gasteiger partial charge in [-0.05, 0) is 34.5 Å². The van der Waals surface area contributed by atoms with Crippen LogP contribution in [0, 0.1) is 21.7 Å². The van der Waals surface area contributed by atoms with Crippen molar-refractivity contribution in [1.29, 1.82) is 0 Å². The van der Waals surface area contributed by atoms with Crippen LogP contribution in [-0.4, -0.2) is 6.56 Å². The molecule has 0 heterocycles. The van der Waals surface area contributed by atoms with Crippen LogP contribution < -0.4 is 0 Å². The van der Waals surface area contributed by atoms with Crippen molar-refractivity contribution in [1.82, 2.24) is 0 Å². The van der Waals surface area contributed by atoms with Crippen LogP contribution in [0.25, 0.3) is 0 Å². The van der Waals surface area contributed by atoms with Crippen LogP contribution >= 0.6 is 12.5 Å². The smallest absolute Gasteiger partial charge is 0.187 e. The van der Waals surface area contributed by atoms with E-state index in [1.54, 1.807) is 0 Å². The highest BCUT2D eigenvalue weighted by Crippen LogP contribution is 2.49. The normalized spacial score (nSPS) is 14.8. The van der Waals surface area contributed by atoms with Gasteiger partial charge in [0, 0.05) is 0 Å². The quantitative estimate of drug-likeness (QED) is 0.453. The van der Waals surface area contributed by atoms with Crippen LogP contribution in [0.5, 0.6) is 0 Å². The zero-order chi connectivity index (χ0) is 14.8. The molecule has 0 saturated heterocycles. The molecule has 0 unspecified atom stereocenters. The topological polar surface area (TPSA) is 0 Å². The number of rotatable bonds is 6. The summed E-state index contributed by atoms with van der Waals surface area (Å²) in [5.41, 5.74) is 1.39. The molecule has 0 aliphatic rings. The van der Waals surface area contributed by atoms with Crippen molar-refractivity contribution in [2.24, 2.45) is 21.7 Å². The summed E-state index contributed by atoms with van der Waals surface area (Å²) in [7, 11) is 0. The summed E-state index contributed by atoms with van der Waals surface area (Å²) in [5, 5.41) is 0. The van der Waals surface area contributed by atoms with E-state index in [2.05, 4.69) is 74.8 Å². The van der Waals surface area contributed by atoms with E-state index in [0.717, 1.165) is 6.32 Å². The molecule has 0 fully saturated rings. The van der Waals surface area contributed by atoms with E-state index in [9.17, 15) is 0 Å². The fourth-order valence-corrected chi connectivity index (χ4v) is 2.30. The van der Waals surface area contributed by atoms with E-state index in [4.69, 9.17) is 0 Å². The first-order valence-electron chi connectivity index (χ1n) is 7.23. The van der Waals surface area contributed by atoms with Crippen molar-refractivity contribution in [2.75, 3.05) is 0 Å². The summed E-state index contributed by atoms with van der Waals surface area (Å²) in [6.07, 6.45) is 3.62. The molecular weight excluding hydrogens is 235 g/mol. The zero-order valence-corrected chi connectivity index (χ0v) is 15.0. The molecule has 0 aliphatic heterocycles. The van der Waals surface area contributed by atoms with Crippen molar-refractivity contribution in [3.8, 4) is 0 Å². The highest BCUT2D eigenvalue weighted by Gasteiger charge is 2.39. The fraction of sp³-hybridized carbons (Fsp3) is 1.00. The largest absolute Gasteiger partial charge is 0.235 e. The molecule has 107 valence electrons. The van der Waals surface area contributed by atoms with Crippen molar-refractivity contribution >= 4 is 19.0 Å². The Morgan fingerprint density at radius 3 is 1.39 bits per heavy atom. The molecule has 18 heavy (non-hydrogen) atoms. The van der Waals surface area contributed by atoms with Gasteiger partial charge in [0.1, 0.15) is 0 Å². The molecular formula is C16H34BS. The Hall–Kier alpha value is 0.415. The van der Waals surface area contributed by atoms with Gasteiger partial charge in [0.05, 0.1) is 0 Å². The summed E-state index contributed by atoms with van der Waals surface area (Å²) >= 11 is 4.29. The molecule has 0 saturated carbocycles. The maximum absolute atomic E-state index is 4.29. The van der Waals surface area contributed by atoms with Gasteiger partial charge in [-0.25, -0.2) is 12.5 Å². The Balaban J connectivity index is 4.72. The van der Waals surface area contributed by atoms with E-state index in [1.807, 2.05) is 6.56 Å². The number of hydrogen-bond donors (Lipinski definition) is 1. The molecule has 2 heteroatoms. The molecule has 0 aromatic heterocycles. The molecule has 0 amide bonds. The van der Waals surface area contributed by atoms with Gasteiger partial charge >= 0.3 is 0 Å². The molecule has 0 aromatic rings. The third kappa shape index (κ3) is 4.51. The van der Waals surface area contributed by atoms with Crippen LogP contribution in [-0.2, 0) is 0 Å². The lowest BCUT2D eigenvalue weighted by atomic mass is 9.57. The van der Waals surface area contributed by atoms with E-state index in [1.165, 1.54) is 12.8 Å². The number of thiol groups is 1. The van der Waals surface area contributed by atoms with Crippen LogP contribution in [0.3, 0.4) is 0 Å². The minimum Gasteiger partial charge on any atom is -0.235 e. The highest BCUT2D eigenvalue weighted by atomic mass is 32.1. The minimum atomic E-state index is 0.308. The van der Waals surface area contributed by atoms with Gasteiger partial charge < -0.3 is 0 Å². The first-order valence-corrected chi connectivity index (χ1v) is 7.74. The summed E-state index contributed by atoms with van der Waals surface area (Å²) in [6, 6.07) is 0. The molecule has 0 atom stereocenters. The Morgan fingerprint density at radius 1 is 0.667 bits per heavy atom. The Labute approximate surface area is 122 Å². The summed E-state index contributed by atoms with van der Waals surface area (Å²) in [6.45, 7) is 23.4. The number of hydrogen-bond acceptors (Lipinski definition) is 1. The minimum absolute atomic E-state index is 0.308. The molecule has 0 bridgehead atoms. The highest BCUT2D eigenvalue weighted by molar-refractivity contribution is 8.06. The second-order valence-corrected chi connectivity index (χ2v) is 9.15. The molecule has 0 aliphatic carbocycles. The van der Waals surface area contributed by atoms with Gasteiger partial charge in [-0.15, -0.1) is 0 Å². The predicted molar refractivity (Wildman–Crippen MR) is 89.6 cm³/mol. The average Bonchev–Trinajstić information content (AvgIpc) is 2.13. The van der Waals surface area contributed by atoms with E-state index in [0.29, 0.717) is 21.7 Å². The van der Waals surface area contributed by atoms with Crippen LogP contribution in [0.1, 0.15) is 75.2 Å². The first-order chi connectivity index (χ1) is 7.77. The Morgan fingerprint density at radius 2 is 1.06 bits per heavy atom. The van der Waals surface area contributed by atoms with E-state index in [-0.39, 0.29) is 0 Å². The standard InChI is InChI=1S/C16H34BS/c1-13(2,3)14(4,5)10-11-15(6,7)16(8,9)12-17-18/h18H,10-12H2,1-9H3. The second-order valence-electron chi connectivity index (χ2n) is 8.79. The lowest BCUT2D eigenvalue weighted by Crippen LogP contribution is -2.36. The third-order valence-corrected chi connectivity index (χ3v) is 6.02. The van der Waals surface area contributed by atoms with Gasteiger partial charge in [0.15, 0.2) is 6.56 Å². The predicted octanol–water partition coefficient (Wildman–Crippen LogP) is 5.86. The SMILES string of the molecule is CC(C)(C)C(C)(C)CCC(C)(C)C(C)(C)C[B]S. The van der Waals surface area contributed by atoms with Crippen molar-refractivity contribution in [3.63, 3.8) is 0 Å². The molecule has 0 spiro atoms. The van der Waals surface area contributed by atoms with Gasteiger partial charge in [-0.1, -0.05) is 68.6 Å². The first kappa shape index (κ1) is 18.4. The van der Waals surface area contributed by atoms with E-state index >= 15 is 0 Å². The Bertz CT molecular complexity index is 259.